The summed E-state index contributed by atoms with van der Waals surface area (Å²) in [7, 11) is 0. The van der Waals surface area contributed by atoms with Crippen molar-refractivity contribution in [3.8, 4) is 17.1 Å². The molecule has 1 heterocycles. The van der Waals surface area contributed by atoms with Gasteiger partial charge in [0.2, 0.25) is 0 Å². The lowest BCUT2D eigenvalue weighted by molar-refractivity contribution is -0.192. The molecule has 6 nitrogen and oxygen atoms in total. The standard InChI is InChI=1S/C17H16FN3O.C2HF3O2/c18-9-12(10-19)11-22-14-7-5-13(6-8-14)17-20-15-3-1-2-4-16(15)21-17;3-2(4,5)1(6)7/h1-9H,10-11,19H2,(H,20,21);(H,6,7)/b12-9+;. The van der Waals surface area contributed by atoms with E-state index in [4.69, 9.17) is 20.4 Å². The molecule has 154 valence electrons. The molecule has 0 aliphatic heterocycles. The van der Waals surface area contributed by atoms with Crippen LogP contribution in [0.25, 0.3) is 22.4 Å². The number of nitrogens with one attached hydrogen (secondary N) is 1. The lowest BCUT2D eigenvalue weighted by Gasteiger charge is -2.07. The maximum Gasteiger partial charge on any atom is 0.490 e. The fraction of sp³-hybridized carbons (Fsp3) is 0.158. The summed E-state index contributed by atoms with van der Waals surface area (Å²) in [5, 5.41) is 7.12. The van der Waals surface area contributed by atoms with Crippen molar-refractivity contribution in [3.05, 3.63) is 60.4 Å². The molecule has 0 amide bonds. The first kappa shape index (κ1) is 21.9. The fourth-order valence-electron chi connectivity index (χ4n) is 2.11. The number of hydrogen-bond acceptors (Lipinski definition) is 4. The van der Waals surface area contributed by atoms with Crippen LogP contribution in [0.15, 0.2) is 60.4 Å². The first-order valence-corrected chi connectivity index (χ1v) is 8.21. The number of nitrogens with two attached hydrogens (primary N) is 1. The molecule has 4 N–H and O–H groups in total. The molecule has 0 saturated heterocycles. The molecule has 0 saturated carbocycles. The van der Waals surface area contributed by atoms with Gasteiger partial charge in [-0.15, -0.1) is 0 Å². The number of ether oxygens (including phenoxy) is 1. The van der Waals surface area contributed by atoms with Crippen molar-refractivity contribution in [1.29, 1.82) is 0 Å². The van der Waals surface area contributed by atoms with Gasteiger partial charge in [0.05, 0.1) is 17.4 Å². The van der Waals surface area contributed by atoms with Gasteiger partial charge < -0.3 is 20.6 Å². The minimum atomic E-state index is -5.08. The molecular formula is C19H17F4N3O3. The predicted molar refractivity (Wildman–Crippen MR) is 99.0 cm³/mol. The molecule has 3 rings (SSSR count). The number of carbonyl (C=O) groups is 1. The Hall–Kier alpha value is -3.40. The van der Waals surface area contributed by atoms with E-state index in [0.717, 1.165) is 22.4 Å². The van der Waals surface area contributed by atoms with E-state index in [0.29, 0.717) is 17.7 Å². The minimum Gasteiger partial charge on any atom is -0.489 e. The van der Waals surface area contributed by atoms with Gasteiger partial charge in [-0.25, -0.2) is 14.2 Å². The molecule has 0 aliphatic carbocycles. The molecule has 0 bridgehead atoms. The molecule has 0 atom stereocenters. The van der Waals surface area contributed by atoms with Gasteiger partial charge in [0, 0.05) is 17.7 Å². The second kappa shape index (κ2) is 9.69. The molecule has 0 radical (unpaired) electrons. The van der Waals surface area contributed by atoms with Gasteiger partial charge in [-0.3, -0.25) is 0 Å². The van der Waals surface area contributed by atoms with E-state index in [9.17, 15) is 17.6 Å². The summed E-state index contributed by atoms with van der Waals surface area (Å²) in [5.41, 5.74) is 8.69. The van der Waals surface area contributed by atoms with E-state index in [2.05, 4.69) is 9.97 Å². The highest BCUT2D eigenvalue weighted by Gasteiger charge is 2.38. The smallest absolute Gasteiger partial charge is 0.489 e. The van der Waals surface area contributed by atoms with Crippen LogP contribution in [0.2, 0.25) is 0 Å². The SMILES string of the molecule is NC/C(=C\F)COc1ccc(-c2nc3ccccc3[nH]2)cc1.O=C(O)C(F)(F)F. The highest BCUT2D eigenvalue weighted by atomic mass is 19.4. The topological polar surface area (TPSA) is 101 Å². The van der Waals surface area contributed by atoms with Crippen molar-refractivity contribution in [3.63, 3.8) is 0 Å². The van der Waals surface area contributed by atoms with E-state index in [-0.39, 0.29) is 13.2 Å². The van der Waals surface area contributed by atoms with Crippen molar-refractivity contribution >= 4 is 17.0 Å². The molecule has 10 heteroatoms. The van der Waals surface area contributed by atoms with Crippen LogP contribution in [0.5, 0.6) is 5.75 Å². The third-order valence-electron chi connectivity index (χ3n) is 3.60. The Labute approximate surface area is 162 Å². The summed E-state index contributed by atoms with van der Waals surface area (Å²) in [6.07, 6.45) is -4.59. The second-order valence-electron chi connectivity index (χ2n) is 5.69. The number of imidazole rings is 1. The number of aromatic amines is 1. The first-order valence-electron chi connectivity index (χ1n) is 8.21. The molecule has 2 aromatic carbocycles. The highest BCUT2D eigenvalue weighted by molar-refractivity contribution is 5.79. The van der Waals surface area contributed by atoms with Gasteiger partial charge >= 0.3 is 12.1 Å². The number of hydrogen-bond donors (Lipinski definition) is 3. The zero-order chi connectivity index (χ0) is 21.4. The van der Waals surface area contributed by atoms with Gasteiger partial charge in [-0.05, 0) is 36.4 Å². The first-order chi connectivity index (χ1) is 13.7. The summed E-state index contributed by atoms with van der Waals surface area (Å²) in [6, 6.07) is 15.4. The molecule has 3 aromatic rings. The Kier molecular flexibility index (Phi) is 7.32. The molecule has 0 unspecified atom stereocenters. The van der Waals surface area contributed by atoms with Crippen molar-refractivity contribution < 1.29 is 32.2 Å². The summed E-state index contributed by atoms with van der Waals surface area (Å²) in [4.78, 5) is 16.7. The minimum absolute atomic E-state index is 0.146. The molecule has 0 aliphatic rings. The van der Waals surface area contributed by atoms with Gasteiger partial charge in [0.25, 0.3) is 0 Å². The summed E-state index contributed by atoms with van der Waals surface area (Å²) in [6.45, 7) is 0.296. The molecule has 1 aromatic heterocycles. The molecule has 29 heavy (non-hydrogen) atoms. The van der Waals surface area contributed by atoms with Crippen molar-refractivity contribution in [2.45, 2.75) is 6.18 Å². The van der Waals surface area contributed by atoms with E-state index < -0.39 is 12.1 Å². The lowest BCUT2D eigenvalue weighted by atomic mass is 10.2. The summed E-state index contributed by atoms with van der Waals surface area (Å²) >= 11 is 0. The Morgan fingerprint density at radius 1 is 1.17 bits per heavy atom. The number of aromatic nitrogens is 2. The van der Waals surface area contributed by atoms with E-state index in [1.807, 2.05) is 48.5 Å². The van der Waals surface area contributed by atoms with Crippen molar-refractivity contribution in [2.24, 2.45) is 5.73 Å². The van der Waals surface area contributed by atoms with E-state index in [1.165, 1.54) is 0 Å². The number of rotatable bonds is 5. The van der Waals surface area contributed by atoms with Crippen LogP contribution in [0.1, 0.15) is 0 Å². The van der Waals surface area contributed by atoms with Crippen LogP contribution in [0.4, 0.5) is 17.6 Å². The Morgan fingerprint density at radius 2 is 1.79 bits per heavy atom. The number of para-hydroxylation sites is 2. The highest BCUT2D eigenvalue weighted by Crippen LogP contribution is 2.23. The number of halogens is 4. The van der Waals surface area contributed by atoms with Crippen molar-refractivity contribution in [1.82, 2.24) is 9.97 Å². The van der Waals surface area contributed by atoms with E-state index in [1.54, 1.807) is 0 Å². The van der Waals surface area contributed by atoms with Crippen LogP contribution in [0, 0.1) is 0 Å². The Morgan fingerprint density at radius 3 is 2.31 bits per heavy atom. The maximum absolute atomic E-state index is 12.4. The average Bonchev–Trinajstić information content (AvgIpc) is 3.13. The quantitative estimate of drug-likeness (QED) is 0.550. The largest absolute Gasteiger partial charge is 0.490 e. The second-order valence-corrected chi connectivity index (χ2v) is 5.69. The molecular weight excluding hydrogens is 394 g/mol. The predicted octanol–water partition coefficient (Wildman–Crippen LogP) is 4.05. The maximum atomic E-state index is 12.4. The Bertz CT molecular complexity index is 949. The third-order valence-corrected chi connectivity index (χ3v) is 3.60. The number of carboxylic acid groups (broad SMARTS) is 1. The number of alkyl halides is 3. The van der Waals surface area contributed by atoms with Gasteiger partial charge in [-0.2, -0.15) is 13.2 Å². The third kappa shape index (κ3) is 6.32. The van der Waals surface area contributed by atoms with Crippen LogP contribution in [-0.4, -0.2) is 40.4 Å². The zero-order valence-electron chi connectivity index (χ0n) is 14.9. The Balaban J connectivity index is 0.000000370. The number of nitrogens with zero attached hydrogens (tertiary/aromatic N) is 1. The molecule has 0 fully saturated rings. The average molecular weight is 411 g/mol. The van der Waals surface area contributed by atoms with Gasteiger partial charge in [-0.1, -0.05) is 12.1 Å². The van der Waals surface area contributed by atoms with Crippen LogP contribution in [-0.2, 0) is 4.79 Å². The summed E-state index contributed by atoms with van der Waals surface area (Å²) in [5.74, 6) is -1.29. The number of fused-ring (bicyclic) bond motifs is 1. The van der Waals surface area contributed by atoms with Gasteiger partial charge in [0.1, 0.15) is 18.2 Å². The monoisotopic (exact) mass is 411 g/mol. The van der Waals surface area contributed by atoms with Crippen molar-refractivity contribution in [2.75, 3.05) is 13.2 Å². The van der Waals surface area contributed by atoms with E-state index >= 15 is 0 Å². The lowest BCUT2D eigenvalue weighted by Crippen LogP contribution is -2.21. The summed E-state index contributed by atoms with van der Waals surface area (Å²) < 4.78 is 49.6. The number of aliphatic carboxylic acids is 1. The number of carboxylic acids is 1. The fourth-order valence-corrected chi connectivity index (χ4v) is 2.11. The van der Waals surface area contributed by atoms with Crippen LogP contribution >= 0.6 is 0 Å². The molecule has 0 spiro atoms. The zero-order valence-corrected chi connectivity index (χ0v) is 14.9. The number of benzene rings is 2. The van der Waals surface area contributed by atoms with Gasteiger partial charge in [0.15, 0.2) is 0 Å². The van der Waals surface area contributed by atoms with Crippen LogP contribution in [0.3, 0.4) is 0 Å². The van der Waals surface area contributed by atoms with Crippen LogP contribution < -0.4 is 10.5 Å². The number of H-pyrrole nitrogens is 1. The normalized spacial score (nSPS) is 11.7.